The van der Waals surface area contributed by atoms with Gasteiger partial charge in [-0.25, -0.2) is 8.42 Å². The van der Waals surface area contributed by atoms with E-state index >= 15 is 0 Å². The van der Waals surface area contributed by atoms with Gasteiger partial charge in [-0.1, -0.05) is 78.5 Å². The number of nitrogens with zero attached hydrogens (tertiary/aromatic N) is 2. The molecule has 47 heavy (non-hydrogen) atoms. The van der Waals surface area contributed by atoms with Gasteiger partial charge in [-0.3, -0.25) is 13.9 Å². The van der Waals surface area contributed by atoms with Crippen LogP contribution in [0.25, 0.3) is 0 Å². The van der Waals surface area contributed by atoms with E-state index in [9.17, 15) is 18.0 Å². The largest absolute Gasteiger partial charge is 0.497 e. The Morgan fingerprint density at radius 3 is 2.02 bits per heavy atom. The molecule has 0 aromatic heterocycles. The fraction of sp³-hybridized carbons (Fsp3) is 0.278. The summed E-state index contributed by atoms with van der Waals surface area (Å²) in [5, 5.41) is 4.12. The Bertz CT molecular complexity index is 1750. The Morgan fingerprint density at radius 1 is 0.830 bits per heavy atom. The molecule has 246 valence electrons. The highest BCUT2D eigenvalue weighted by molar-refractivity contribution is 7.92. The molecule has 1 N–H and O–H groups in total. The zero-order chi connectivity index (χ0) is 33.4. The summed E-state index contributed by atoms with van der Waals surface area (Å²) in [6.07, 6.45) is 4.05. The van der Waals surface area contributed by atoms with Crippen molar-refractivity contribution in [2.24, 2.45) is 0 Å². The first-order valence-electron chi connectivity index (χ1n) is 15.4. The Kier molecular flexibility index (Phi) is 11.4. The predicted molar refractivity (Wildman–Crippen MR) is 185 cm³/mol. The van der Waals surface area contributed by atoms with Crippen molar-refractivity contribution >= 4 is 50.7 Å². The van der Waals surface area contributed by atoms with Crippen LogP contribution in [0, 0.1) is 0 Å². The number of rotatable bonds is 13. The van der Waals surface area contributed by atoms with Crippen molar-refractivity contribution in [3.8, 4) is 5.75 Å². The second-order valence-corrected chi connectivity index (χ2v) is 14.2. The molecule has 2 amide bonds. The van der Waals surface area contributed by atoms with E-state index in [2.05, 4.69) is 5.32 Å². The summed E-state index contributed by atoms with van der Waals surface area (Å²) in [4.78, 5) is 30.1. The van der Waals surface area contributed by atoms with Gasteiger partial charge >= 0.3 is 0 Å². The molecule has 1 fully saturated rings. The Labute approximate surface area is 286 Å². The molecule has 5 rings (SSSR count). The van der Waals surface area contributed by atoms with Crippen LogP contribution in [0.5, 0.6) is 5.75 Å². The Morgan fingerprint density at radius 2 is 1.43 bits per heavy atom. The van der Waals surface area contributed by atoms with Crippen molar-refractivity contribution in [3.63, 3.8) is 0 Å². The van der Waals surface area contributed by atoms with Crippen LogP contribution in [0.15, 0.2) is 108 Å². The van der Waals surface area contributed by atoms with Gasteiger partial charge in [-0.05, 0) is 84.6 Å². The maximum Gasteiger partial charge on any atom is 0.264 e. The zero-order valence-electron chi connectivity index (χ0n) is 26.0. The van der Waals surface area contributed by atoms with Gasteiger partial charge in [-0.2, -0.15) is 0 Å². The minimum Gasteiger partial charge on any atom is -0.497 e. The van der Waals surface area contributed by atoms with E-state index in [4.69, 9.17) is 27.9 Å². The average Bonchev–Trinajstić information content (AvgIpc) is 3.60. The summed E-state index contributed by atoms with van der Waals surface area (Å²) in [6.45, 7) is -0.506. The highest BCUT2D eigenvalue weighted by Gasteiger charge is 2.35. The third-order valence-electron chi connectivity index (χ3n) is 8.28. The van der Waals surface area contributed by atoms with Gasteiger partial charge in [0.15, 0.2) is 0 Å². The lowest BCUT2D eigenvalue weighted by atomic mass is 10.0. The van der Waals surface area contributed by atoms with Crippen molar-refractivity contribution in [3.05, 3.63) is 124 Å². The van der Waals surface area contributed by atoms with Gasteiger partial charge in [0.1, 0.15) is 18.3 Å². The fourth-order valence-corrected chi connectivity index (χ4v) is 7.39. The van der Waals surface area contributed by atoms with Crippen LogP contribution < -0.4 is 14.4 Å². The van der Waals surface area contributed by atoms with E-state index in [1.165, 1.54) is 24.1 Å². The maximum atomic E-state index is 14.6. The second-order valence-electron chi connectivity index (χ2n) is 11.5. The van der Waals surface area contributed by atoms with E-state index in [1.54, 1.807) is 60.7 Å². The van der Waals surface area contributed by atoms with Crippen LogP contribution in [-0.4, -0.2) is 50.9 Å². The summed E-state index contributed by atoms with van der Waals surface area (Å²) in [5.41, 5.74) is 1.86. The van der Waals surface area contributed by atoms with Crippen LogP contribution in [-0.2, 0) is 32.6 Å². The monoisotopic (exact) mass is 693 g/mol. The van der Waals surface area contributed by atoms with Crippen LogP contribution in [0.2, 0.25) is 10.0 Å². The van der Waals surface area contributed by atoms with Crippen LogP contribution in [0.1, 0.15) is 36.8 Å². The van der Waals surface area contributed by atoms with E-state index in [0.29, 0.717) is 15.8 Å². The van der Waals surface area contributed by atoms with E-state index in [-0.39, 0.29) is 35.5 Å². The standard InChI is InChI=1S/C36H37Cl2N3O5S/c1-46-32-19-21-33(22-20-32)47(44,45)41(31-17-15-29(38)16-18-31)25-35(42)40(24-27-11-13-28(37)14-12-27)34(23-26-7-3-2-4-8-26)36(43)39-30-9-5-6-10-30/h2-4,7-8,11-22,30,34H,5-6,9-10,23-25H2,1H3,(H,39,43)/t34-/m0/s1. The molecule has 1 aliphatic carbocycles. The van der Waals surface area contributed by atoms with Crippen molar-refractivity contribution < 1.29 is 22.7 Å². The summed E-state index contributed by atoms with van der Waals surface area (Å²) in [6, 6.07) is 27.8. The molecule has 8 nitrogen and oxygen atoms in total. The van der Waals surface area contributed by atoms with Gasteiger partial charge in [0.2, 0.25) is 11.8 Å². The zero-order valence-corrected chi connectivity index (χ0v) is 28.3. The summed E-state index contributed by atoms with van der Waals surface area (Å²) >= 11 is 12.3. The van der Waals surface area contributed by atoms with Gasteiger partial charge in [0, 0.05) is 29.1 Å². The molecule has 4 aromatic rings. The smallest absolute Gasteiger partial charge is 0.264 e. The number of halogens is 2. The molecule has 0 heterocycles. The molecule has 0 aliphatic heterocycles. The normalized spacial score (nSPS) is 13.9. The Balaban J connectivity index is 1.55. The molecule has 1 atom stereocenters. The van der Waals surface area contributed by atoms with Gasteiger partial charge in [0.05, 0.1) is 17.7 Å². The highest BCUT2D eigenvalue weighted by atomic mass is 35.5. The molecule has 0 bridgehead atoms. The van der Waals surface area contributed by atoms with Gasteiger partial charge in [0.25, 0.3) is 10.0 Å². The second kappa shape index (κ2) is 15.7. The van der Waals surface area contributed by atoms with Crippen molar-refractivity contribution in [2.75, 3.05) is 18.0 Å². The molecule has 4 aromatic carbocycles. The van der Waals surface area contributed by atoms with E-state index in [0.717, 1.165) is 41.1 Å². The van der Waals surface area contributed by atoms with Crippen LogP contribution in [0.4, 0.5) is 5.69 Å². The molecule has 0 spiro atoms. The molecule has 11 heteroatoms. The number of hydrogen-bond donors (Lipinski definition) is 1. The lowest BCUT2D eigenvalue weighted by molar-refractivity contribution is -0.140. The molecule has 0 unspecified atom stereocenters. The minimum absolute atomic E-state index is 0.0225. The number of carbonyl (C=O) groups is 2. The number of benzene rings is 4. The fourth-order valence-electron chi connectivity index (χ4n) is 5.72. The van der Waals surface area contributed by atoms with Crippen molar-refractivity contribution in [1.82, 2.24) is 10.2 Å². The van der Waals surface area contributed by atoms with Crippen molar-refractivity contribution in [1.29, 1.82) is 0 Å². The summed E-state index contributed by atoms with van der Waals surface area (Å²) < 4.78 is 34.6. The number of nitrogens with one attached hydrogen (secondary N) is 1. The number of methoxy groups -OCH3 is 1. The number of hydrogen-bond acceptors (Lipinski definition) is 5. The molecular weight excluding hydrogens is 657 g/mol. The molecule has 1 saturated carbocycles. The topological polar surface area (TPSA) is 96.0 Å². The molecular formula is C36H37Cl2N3O5S. The number of ether oxygens (including phenoxy) is 1. The van der Waals surface area contributed by atoms with Gasteiger partial charge < -0.3 is 15.0 Å². The summed E-state index contributed by atoms with van der Waals surface area (Å²) in [5.74, 6) is -0.335. The highest BCUT2D eigenvalue weighted by Crippen LogP contribution is 2.28. The maximum absolute atomic E-state index is 14.6. The quantitative estimate of drug-likeness (QED) is 0.164. The lowest BCUT2D eigenvalue weighted by Gasteiger charge is -2.34. The number of carbonyl (C=O) groups excluding carboxylic acids is 2. The SMILES string of the molecule is COc1ccc(S(=O)(=O)N(CC(=O)N(Cc2ccc(Cl)cc2)[C@@H](Cc2ccccc2)C(=O)NC2CCCC2)c2ccc(Cl)cc2)cc1. The van der Waals surface area contributed by atoms with Crippen LogP contribution >= 0.6 is 23.2 Å². The van der Waals surface area contributed by atoms with Crippen LogP contribution in [0.3, 0.4) is 0 Å². The third kappa shape index (κ3) is 8.86. The first-order valence-corrected chi connectivity index (χ1v) is 17.6. The lowest BCUT2D eigenvalue weighted by Crippen LogP contribution is -2.54. The molecule has 1 aliphatic rings. The summed E-state index contributed by atoms with van der Waals surface area (Å²) in [7, 11) is -2.76. The number of sulfonamides is 1. The van der Waals surface area contributed by atoms with E-state index < -0.39 is 28.5 Å². The minimum atomic E-state index is -4.25. The predicted octanol–water partition coefficient (Wildman–Crippen LogP) is 6.90. The van der Waals surface area contributed by atoms with E-state index in [1.807, 2.05) is 30.3 Å². The van der Waals surface area contributed by atoms with Crippen molar-refractivity contribution in [2.45, 2.75) is 55.6 Å². The average molecular weight is 695 g/mol. The molecule has 0 saturated heterocycles. The Hall–Kier alpha value is -4.05. The third-order valence-corrected chi connectivity index (χ3v) is 10.6. The molecule has 0 radical (unpaired) electrons. The number of anilines is 1. The van der Waals surface area contributed by atoms with Gasteiger partial charge in [-0.15, -0.1) is 0 Å². The number of amides is 2. The first-order chi connectivity index (χ1) is 22.6. The first kappa shape index (κ1) is 34.3.